The maximum atomic E-state index is 12.7. The van der Waals surface area contributed by atoms with Gasteiger partial charge >= 0.3 is 17.9 Å². The molecule has 0 aromatic carbocycles. The van der Waals surface area contributed by atoms with Crippen molar-refractivity contribution in [3.05, 3.63) is 24.3 Å². The van der Waals surface area contributed by atoms with Crippen LogP contribution in [0.2, 0.25) is 0 Å². The lowest BCUT2D eigenvalue weighted by Crippen LogP contribution is -2.30. The molecule has 0 amide bonds. The summed E-state index contributed by atoms with van der Waals surface area (Å²) in [6, 6.07) is 0. The Morgan fingerprint density at radius 1 is 0.328 bits per heavy atom. The average molecular weight is 817 g/mol. The molecule has 0 rings (SSSR count). The van der Waals surface area contributed by atoms with Crippen molar-refractivity contribution in [2.45, 2.75) is 277 Å². The molecule has 0 saturated heterocycles. The van der Waals surface area contributed by atoms with Gasteiger partial charge < -0.3 is 14.2 Å². The van der Waals surface area contributed by atoms with Crippen LogP contribution in [0, 0.1) is 0 Å². The van der Waals surface area contributed by atoms with Crippen LogP contribution >= 0.6 is 0 Å². The summed E-state index contributed by atoms with van der Waals surface area (Å²) in [6.07, 6.45) is 53.1. The van der Waals surface area contributed by atoms with E-state index >= 15 is 0 Å². The summed E-state index contributed by atoms with van der Waals surface area (Å²) in [5.74, 6) is -0.876. The summed E-state index contributed by atoms with van der Waals surface area (Å²) < 4.78 is 16.7. The van der Waals surface area contributed by atoms with Gasteiger partial charge in [0.15, 0.2) is 6.10 Å². The molecule has 0 aliphatic carbocycles. The van der Waals surface area contributed by atoms with Gasteiger partial charge in [-0.15, -0.1) is 0 Å². The Kier molecular flexibility index (Phi) is 45.8. The normalized spacial score (nSPS) is 12.1. The number of esters is 3. The van der Waals surface area contributed by atoms with Gasteiger partial charge in [0.2, 0.25) is 0 Å². The van der Waals surface area contributed by atoms with E-state index in [9.17, 15) is 14.4 Å². The topological polar surface area (TPSA) is 78.9 Å². The van der Waals surface area contributed by atoms with Gasteiger partial charge in [-0.25, -0.2) is 0 Å². The van der Waals surface area contributed by atoms with Crippen LogP contribution in [0.5, 0.6) is 0 Å². The molecule has 6 nitrogen and oxygen atoms in total. The summed E-state index contributed by atoms with van der Waals surface area (Å²) in [4.78, 5) is 37.8. The van der Waals surface area contributed by atoms with Gasteiger partial charge in [-0.05, 0) is 64.2 Å². The number of carbonyl (C=O) groups excluding carboxylic acids is 3. The molecule has 0 aromatic heterocycles. The quantitative estimate of drug-likeness (QED) is 0.0263. The predicted molar refractivity (Wildman–Crippen MR) is 247 cm³/mol. The first kappa shape index (κ1) is 55.9. The van der Waals surface area contributed by atoms with Crippen molar-refractivity contribution in [1.82, 2.24) is 0 Å². The Morgan fingerprint density at radius 3 is 0.931 bits per heavy atom. The monoisotopic (exact) mass is 817 g/mol. The number of unbranched alkanes of at least 4 members (excludes halogenated alkanes) is 31. The first-order valence-electron chi connectivity index (χ1n) is 25.3. The first-order chi connectivity index (χ1) is 28.5. The fourth-order valence-corrected chi connectivity index (χ4v) is 7.32. The molecule has 0 N–H and O–H groups in total. The molecule has 0 aliphatic rings. The van der Waals surface area contributed by atoms with E-state index in [4.69, 9.17) is 14.2 Å². The Balaban J connectivity index is 4.25. The maximum Gasteiger partial charge on any atom is 0.306 e. The molecular weight excluding hydrogens is 721 g/mol. The van der Waals surface area contributed by atoms with Crippen LogP contribution in [0.3, 0.4) is 0 Å². The standard InChI is InChI=1S/C52H96O6/c1-4-7-10-13-16-19-22-23-24-25-26-27-28-29-31-33-36-39-42-45-51(54)57-48-49(47-56-50(53)44-41-38-35-32-21-18-15-12-9-6-3)58-52(55)46-43-40-37-34-30-20-17-14-11-8-5-2/h12,15,23-24,49H,4-11,13-14,16-22,25-48H2,1-3H3/b15-12-,24-23-. The number of hydrogen-bond acceptors (Lipinski definition) is 6. The smallest absolute Gasteiger partial charge is 0.306 e. The highest BCUT2D eigenvalue weighted by Gasteiger charge is 2.19. The molecule has 6 heteroatoms. The van der Waals surface area contributed by atoms with Crippen molar-refractivity contribution < 1.29 is 28.6 Å². The van der Waals surface area contributed by atoms with Crippen LogP contribution in [0.15, 0.2) is 24.3 Å². The maximum absolute atomic E-state index is 12.7. The third kappa shape index (κ3) is 45.0. The highest BCUT2D eigenvalue weighted by Crippen LogP contribution is 2.15. The Hall–Kier alpha value is -2.11. The number of hydrogen-bond donors (Lipinski definition) is 0. The molecule has 58 heavy (non-hydrogen) atoms. The lowest BCUT2D eigenvalue weighted by Gasteiger charge is -2.18. The zero-order valence-corrected chi connectivity index (χ0v) is 38.8. The van der Waals surface area contributed by atoms with Gasteiger partial charge in [0.05, 0.1) is 0 Å². The van der Waals surface area contributed by atoms with Crippen LogP contribution in [0.4, 0.5) is 0 Å². The van der Waals surface area contributed by atoms with E-state index in [2.05, 4.69) is 45.1 Å². The molecule has 0 heterocycles. The van der Waals surface area contributed by atoms with Crippen LogP contribution in [-0.4, -0.2) is 37.2 Å². The third-order valence-corrected chi connectivity index (χ3v) is 11.2. The molecule has 0 spiro atoms. The Labute approximate surface area is 360 Å². The lowest BCUT2D eigenvalue weighted by atomic mass is 10.1. The van der Waals surface area contributed by atoms with E-state index < -0.39 is 6.10 Å². The van der Waals surface area contributed by atoms with E-state index in [0.717, 1.165) is 70.6 Å². The Bertz CT molecular complexity index is 942. The van der Waals surface area contributed by atoms with Gasteiger partial charge in [-0.2, -0.15) is 0 Å². The summed E-state index contributed by atoms with van der Waals surface area (Å²) in [7, 11) is 0. The van der Waals surface area contributed by atoms with Crippen molar-refractivity contribution in [3.8, 4) is 0 Å². The Morgan fingerprint density at radius 2 is 0.603 bits per heavy atom. The second-order valence-corrected chi connectivity index (χ2v) is 17.1. The van der Waals surface area contributed by atoms with Crippen molar-refractivity contribution in [2.75, 3.05) is 13.2 Å². The van der Waals surface area contributed by atoms with E-state index in [0.29, 0.717) is 19.3 Å². The zero-order chi connectivity index (χ0) is 42.3. The molecule has 0 radical (unpaired) electrons. The SMILES string of the molecule is CCC/C=C\CCCCCCCC(=O)OCC(COC(=O)CCCCCCCCCCC/C=C\CCCCCCCC)OC(=O)CCCCCCCCCCCCC. The second-order valence-electron chi connectivity index (χ2n) is 17.1. The number of carbonyl (C=O) groups is 3. The van der Waals surface area contributed by atoms with Crippen molar-refractivity contribution in [2.24, 2.45) is 0 Å². The molecule has 340 valence electrons. The highest BCUT2D eigenvalue weighted by molar-refractivity contribution is 5.71. The minimum absolute atomic E-state index is 0.0717. The van der Waals surface area contributed by atoms with Crippen LogP contribution in [-0.2, 0) is 28.6 Å². The minimum atomic E-state index is -0.769. The summed E-state index contributed by atoms with van der Waals surface area (Å²) in [6.45, 7) is 6.57. The van der Waals surface area contributed by atoms with Gasteiger partial charge in [0.1, 0.15) is 13.2 Å². The molecule has 0 aliphatic heterocycles. The fourth-order valence-electron chi connectivity index (χ4n) is 7.32. The largest absolute Gasteiger partial charge is 0.462 e. The molecule has 1 atom stereocenters. The number of rotatable bonds is 46. The molecule has 1 unspecified atom stereocenters. The fraction of sp³-hybridized carbons (Fsp3) is 0.865. The summed E-state index contributed by atoms with van der Waals surface area (Å²) >= 11 is 0. The zero-order valence-electron chi connectivity index (χ0n) is 38.8. The van der Waals surface area contributed by atoms with Crippen molar-refractivity contribution in [3.63, 3.8) is 0 Å². The first-order valence-corrected chi connectivity index (χ1v) is 25.3. The van der Waals surface area contributed by atoms with E-state index in [1.165, 1.54) is 161 Å². The van der Waals surface area contributed by atoms with Gasteiger partial charge in [-0.3, -0.25) is 14.4 Å². The molecule has 0 bridgehead atoms. The highest BCUT2D eigenvalue weighted by atomic mass is 16.6. The third-order valence-electron chi connectivity index (χ3n) is 11.2. The van der Waals surface area contributed by atoms with Crippen molar-refractivity contribution >= 4 is 17.9 Å². The lowest BCUT2D eigenvalue weighted by molar-refractivity contribution is -0.167. The van der Waals surface area contributed by atoms with Gasteiger partial charge in [0.25, 0.3) is 0 Å². The molecule has 0 saturated carbocycles. The van der Waals surface area contributed by atoms with Gasteiger partial charge in [0, 0.05) is 19.3 Å². The average Bonchev–Trinajstić information content (AvgIpc) is 3.22. The van der Waals surface area contributed by atoms with E-state index in [1.54, 1.807) is 0 Å². The van der Waals surface area contributed by atoms with Crippen LogP contribution < -0.4 is 0 Å². The van der Waals surface area contributed by atoms with Gasteiger partial charge in [-0.1, -0.05) is 212 Å². The molecular formula is C52H96O6. The second kappa shape index (κ2) is 47.6. The summed E-state index contributed by atoms with van der Waals surface area (Å²) in [5.41, 5.74) is 0. The van der Waals surface area contributed by atoms with E-state index in [-0.39, 0.29) is 31.1 Å². The van der Waals surface area contributed by atoms with E-state index in [1.807, 2.05) is 0 Å². The minimum Gasteiger partial charge on any atom is -0.462 e. The van der Waals surface area contributed by atoms with Crippen LogP contribution in [0.25, 0.3) is 0 Å². The number of allylic oxidation sites excluding steroid dienone is 4. The molecule has 0 aromatic rings. The molecule has 0 fully saturated rings. The van der Waals surface area contributed by atoms with Crippen molar-refractivity contribution in [1.29, 1.82) is 0 Å². The predicted octanol–water partition coefficient (Wildman–Crippen LogP) is 16.4. The number of ether oxygens (including phenoxy) is 3. The van der Waals surface area contributed by atoms with Crippen LogP contribution in [0.1, 0.15) is 271 Å². The summed E-state index contributed by atoms with van der Waals surface area (Å²) in [5, 5.41) is 0.